The molecule has 2 aromatic rings. The maximum atomic E-state index is 12.2. The van der Waals surface area contributed by atoms with Crippen LogP contribution in [0.5, 0.6) is 11.5 Å². The van der Waals surface area contributed by atoms with Crippen molar-refractivity contribution in [3.8, 4) is 11.5 Å². The highest BCUT2D eigenvalue weighted by Crippen LogP contribution is 2.20. The van der Waals surface area contributed by atoms with Crippen molar-refractivity contribution < 1.29 is 19.0 Å². The molecule has 1 heterocycles. The lowest BCUT2D eigenvalue weighted by molar-refractivity contribution is 0.0857. The molecule has 0 saturated carbocycles. The third-order valence-corrected chi connectivity index (χ3v) is 4.18. The second-order valence-electron chi connectivity index (χ2n) is 6.01. The maximum Gasteiger partial charge on any atom is 0.251 e. The van der Waals surface area contributed by atoms with Crippen molar-refractivity contribution >= 4 is 5.91 Å². The maximum absolute atomic E-state index is 12.2. The van der Waals surface area contributed by atoms with Crippen LogP contribution in [-0.2, 0) is 11.3 Å². The number of rotatable bonds is 7. The molecular weight excluding hydrogens is 318 g/mol. The molecule has 1 saturated heterocycles. The Bertz CT molecular complexity index is 693. The highest BCUT2D eigenvalue weighted by atomic mass is 16.5. The Balaban J connectivity index is 1.50. The zero-order valence-electron chi connectivity index (χ0n) is 14.4. The van der Waals surface area contributed by atoms with Crippen LogP contribution in [0.25, 0.3) is 0 Å². The molecule has 1 atom stereocenters. The van der Waals surface area contributed by atoms with Gasteiger partial charge >= 0.3 is 0 Å². The molecular formula is C20H23NO4. The molecule has 1 aliphatic rings. The van der Waals surface area contributed by atoms with Crippen molar-refractivity contribution in [1.29, 1.82) is 0 Å². The van der Waals surface area contributed by atoms with Crippen LogP contribution in [0.2, 0.25) is 0 Å². The molecule has 2 aromatic carbocycles. The molecule has 0 radical (unpaired) electrons. The van der Waals surface area contributed by atoms with Crippen molar-refractivity contribution in [2.75, 3.05) is 20.3 Å². The van der Waals surface area contributed by atoms with E-state index in [-0.39, 0.29) is 12.0 Å². The summed E-state index contributed by atoms with van der Waals surface area (Å²) in [5.74, 6) is 1.43. The predicted octanol–water partition coefficient (Wildman–Crippen LogP) is 3.18. The summed E-state index contributed by atoms with van der Waals surface area (Å²) in [6.07, 6.45) is 2.24. The van der Waals surface area contributed by atoms with Gasteiger partial charge in [0.15, 0.2) is 0 Å². The number of methoxy groups -OCH3 is 1. The SMILES string of the molecule is COc1cccc(OCc2ccc(C(=O)NC[C@H]3CCCO3)cc2)c1. The van der Waals surface area contributed by atoms with E-state index >= 15 is 0 Å². The minimum absolute atomic E-state index is 0.0734. The molecule has 5 nitrogen and oxygen atoms in total. The van der Waals surface area contributed by atoms with Crippen LogP contribution in [0.1, 0.15) is 28.8 Å². The van der Waals surface area contributed by atoms with E-state index in [0.717, 1.165) is 36.5 Å². The Morgan fingerprint density at radius 3 is 2.72 bits per heavy atom. The number of carbonyl (C=O) groups excluding carboxylic acids is 1. The van der Waals surface area contributed by atoms with Gasteiger partial charge in [0, 0.05) is 24.8 Å². The van der Waals surface area contributed by atoms with E-state index < -0.39 is 0 Å². The van der Waals surface area contributed by atoms with Gasteiger partial charge in [0.25, 0.3) is 5.91 Å². The fourth-order valence-electron chi connectivity index (χ4n) is 2.72. The molecule has 1 aliphatic heterocycles. The van der Waals surface area contributed by atoms with Gasteiger partial charge in [-0.1, -0.05) is 18.2 Å². The first-order chi connectivity index (χ1) is 12.2. The van der Waals surface area contributed by atoms with Crippen molar-refractivity contribution in [3.05, 3.63) is 59.7 Å². The lowest BCUT2D eigenvalue weighted by atomic mass is 10.1. The summed E-state index contributed by atoms with van der Waals surface area (Å²) in [6.45, 7) is 1.80. The van der Waals surface area contributed by atoms with Crippen LogP contribution in [0.4, 0.5) is 0 Å². The lowest BCUT2D eigenvalue weighted by Gasteiger charge is -2.11. The third-order valence-electron chi connectivity index (χ3n) is 4.18. The molecule has 0 unspecified atom stereocenters. The predicted molar refractivity (Wildman–Crippen MR) is 95.1 cm³/mol. The largest absolute Gasteiger partial charge is 0.497 e. The molecule has 0 bridgehead atoms. The molecule has 1 amide bonds. The monoisotopic (exact) mass is 341 g/mol. The standard InChI is InChI=1S/C20H23NO4/c1-23-17-4-2-5-18(12-17)25-14-15-7-9-16(10-8-15)20(22)21-13-19-6-3-11-24-19/h2,4-5,7-10,12,19H,3,6,11,13-14H2,1H3,(H,21,22)/t19-/m1/s1. The third kappa shape index (κ3) is 4.97. The summed E-state index contributed by atoms with van der Waals surface area (Å²) in [4.78, 5) is 12.2. The summed E-state index contributed by atoms with van der Waals surface area (Å²) in [5.41, 5.74) is 1.64. The molecule has 0 spiro atoms. The highest BCUT2D eigenvalue weighted by molar-refractivity contribution is 5.94. The normalized spacial score (nSPS) is 16.4. The van der Waals surface area contributed by atoms with Crippen LogP contribution >= 0.6 is 0 Å². The molecule has 5 heteroatoms. The fourth-order valence-corrected chi connectivity index (χ4v) is 2.72. The van der Waals surface area contributed by atoms with Crippen molar-refractivity contribution in [3.63, 3.8) is 0 Å². The van der Waals surface area contributed by atoms with Gasteiger partial charge in [-0.15, -0.1) is 0 Å². The van der Waals surface area contributed by atoms with Crippen molar-refractivity contribution in [2.24, 2.45) is 0 Å². The number of hydrogen-bond acceptors (Lipinski definition) is 4. The summed E-state index contributed by atoms with van der Waals surface area (Å²) < 4.78 is 16.4. The summed E-state index contributed by atoms with van der Waals surface area (Å²) in [5, 5.41) is 2.92. The van der Waals surface area contributed by atoms with E-state index in [4.69, 9.17) is 14.2 Å². The van der Waals surface area contributed by atoms with E-state index in [1.807, 2.05) is 48.5 Å². The van der Waals surface area contributed by atoms with Gasteiger partial charge in [-0.25, -0.2) is 0 Å². The molecule has 132 valence electrons. The van der Waals surface area contributed by atoms with Crippen LogP contribution < -0.4 is 14.8 Å². The molecule has 0 aliphatic carbocycles. The van der Waals surface area contributed by atoms with Crippen molar-refractivity contribution in [1.82, 2.24) is 5.32 Å². The van der Waals surface area contributed by atoms with Gasteiger partial charge in [0.1, 0.15) is 18.1 Å². The van der Waals surface area contributed by atoms with Crippen LogP contribution in [0, 0.1) is 0 Å². The van der Waals surface area contributed by atoms with Gasteiger partial charge in [-0.3, -0.25) is 4.79 Å². The number of ether oxygens (including phenoxy) is 3. The zero-order valence-corrected chi connectivity index (χ0v) is 14.4. The quantitative estimate of drug-likeness (QED) is 0.840. The molecule has 3 rings (SSSR count). The average Bonchev–Trinajstić information content (AvgIpc) is 3.18. The first kappa shape index (κ1) is 17.3. The first-order valence-electron chi connectivity index (χ1n) is 8.50. The second-order valence-corrected chi connectivity index (χ2v) is 6.01. The Kier molecular flexibility index (Phi) is 5.90. The lowest BCUT2D eigenvalue weighted by Crippen LogP contribution is -2.31. The van der Waals surface area contributed by atoms with E-state index in [9.17, 15) is 4.79 Å². The Morgan fingerprint density at radius 2 is 2.00 bits per heavy atom. The van der Waals surface area contributed by atoms with E-state index in [2.05, 4.69) is 5.32 Å². The van der Waals surface area contributed by atoms with E-state index in [0.29, 0.717) is 18.7 Å². The number of hydrogen-bond donors (Lipinski definition) is 1. The van der Waals surface area contributed by atoms with E-state index in [1.165, 1.54) is 0 Å². The molecule has 1 fully saturated rings. The average molecular weight is 341 g/mol. The Labute approximate surface area is 147 Å². The van der Waals surface area contributed by atoms with Gasteiger partial charge < -0.3 is 19.5 Å². The van der Waals surface area contributed by atoms with E-state index in [1.54, 1.807) is 7.11 Å². The van der Waals surface area contributed by atoms with Gasteiger partial charge in [-0.2, -0.15) is 0 Å². The summed E-state index contributed by atoms with van der Waals surface area (Å²) in [6, 6.07) is 14.9. The van der Waals surface area contributed by atoms with Crippen LogP contribution in [0.3, 0.4) is 0 Å². The fraction of sp³-hybridized carbons (Fsp3) is 0.350. The summed E-state index contributed by atoms with van der Waals surface area (Å²) >= 11 is 0. The molecule has 1 N–H and O–H groups in total. The van der Waals surface area contributed by atoms with Gasteiger partial charge in [-0.05, 0) is 42.7 Å². The second kappa shape index (κ2) is 8.53. The van der Waals surface area contributed by atoms with Gasteiger partial charge in [0.05, 0.1) is 13.2 Å². The number of benzene rings is 2. The van der Waals surface area contributed by atoms with Crippen LogP contribution in [-0.4, -0.2) is 32.3 Å². The Morgan fingerprint density at radius 1 is 1.20 bits per heavy atom. The Hall–Kier alpha value is -2.53. The van der Waals surface area contributed by atoms with Crippen molar-refractivity contribution in [2.45, 2.75) is 25.6 Å². The minimum atomic E-state index is -0.0734. The zero-order chi connectivity index (χ0) is 17.5. The number of amides is 1. The minimum Gasteiger partial charge on any atom is -0.497 e. The number of nitrogens with one attached hydrogen (secondary N) is 1. The number of carbonyl (C=O) groups is 1. The molecule has 0 aromatic heterocycles. The smallest absolute Gasteiger partial charge is 0.251 e. The summed E-state index contributed by atoms with van der Waals surface area (Å²) in [7, 11) is 1.63. The van der Waals surface area contributed by atoms with Gasteiger partial charge in [0.2, 0.25) is 0 Å². The van der Waals surface area contributed by atoms with Crippen LogP contribution in [0.15, 0.2) is 48.5 Å². The molecule has 25 heavy (non-hydrogen) atoms. The first-order valence-corrected chi connectivity index (χ1v) is 8.50. The highest BCUT2D eigenvalue weighted by Gasteiger charge is 2.16. The topological polar surface area (TPSA) is 56.8 Å².